The van der Waals surface area contributed by atoms with Crippen LogP contribution >= 0.6 is 11.3 Å². The molecule has 0 saturated carbocycles. The van der Waals surface area contributed by atoms with Gasteiger partial charge in [-0.05, 0) is 26.0 Å². The first-order chi connectivity index (χ1) is 7.19. The number of aromatic nitrogens is 2. The molecule has 0 radical (unpaired) electrons. The zero-order chi connectivity index (χ0) is 10.8. The van der Waals surface area contributed by atoms with E-state index in [0.717, 1.165) is 28.2 Å². The first-order valence-electron chi connectivity index (χ1n) is 4.56. The van der Waals surface area contributed by atoms with Crippen LogP contribution in [0.4, 0.5) is 0 Å². The number of carbonyl (C=O) groups excluding carboxylic acids is 1. The second-order valence-electron chi connectivity index (χ2n) is 3.32. The van der Waals surface area contributed by atoms with Crippen LogP contribution < -0.4 is 0 Å². The van der Waals surface area contributed by atoms with Crippen LogP contribution in [0, 0.1) is 13.8 Å². The molecule has 0 amide bonds. The highest BCUT2D eigenvalue weighted by molar-refractivity contribution is 7.16. The number of rotatable bonds is 2. The quantitative estimate of drug-likeness (QED) is 0.728. The van der Waals surface area contributed by atoms with E-state index in [2.05, 4.69) is 9.97 Å². The number of aldehydes is 1. The third-order valence-electron chi connectivity index (χ3n) is 1.97. The van der Waals surface area contributed by atoms with Gasteiger partial charge in [-0.15, -0.1) is 11.3 Å². The van der Waals surface area contributed by atoms with Crippen LogP contribution in [0.5, 0.6) is 0 Å². The molecule has 0 spiro atoms. The van der Waals surface area contributed by atoms with E-state index in [1.807, 2.05) is 26.0 Å². The van der Waals surface area contributed by atoms with Gasteiger partial charge in [-0.1, -0.05) is 0 Å². The molecule has 0 N–H and O–H groups in total. The van der Waals surface area contributed by atoms with Gasteiger partial charge >= 0.3 is 0 Å². The number of carbonyl (C=O) groups is 1. The number of nitrogens with zero attached hydrogens (tertiary/aromatic N) is 2. The van der Waals surface area contributed by atoms with Crippen LogP contribution in [-0.4, -0.2) is 16.3 Å². The molecule has 0 aromatic carbocycles. The van der Waals surface area contributed by atoms with Crippen molar-refractivity contribution in [3.8, 4) is 10.6 Å². The van der Waals surface area contributed by atoms with Gasteiger partial charge in [0, 0.05) is 23.1 Å². The van der Waals surface area contributed by atoms with E-state index in [4.69, 9.17) is 0 Å². The van der Waals surface area contributed by atoms with Gasteiger partial charge in [-0.25, -0.2) is 4.98 Å². The van der Waals surface area contributed by atoms with Crippen molar-refractivity contribution in [1.29, 1.82) is 0 Å². The molecular formula is C11H10N2OS. The summed E-state index contributed by atoms with van der Waals surface area (Å²) >= 11 is 1.40. The maximum Gasteiger partial charge on any atom is 0.161 e. The van der Waals surface area contributed by atoms with Crippen molar-refractivity contribution in [3.63, 3.8) is 0 Å². The Morgan fingerprint density at radius 1 is 1.27 bits per heavy atom. The Balaban J connectivity index is 2.48. The van der Waals surface area contributed by atoms with Gasteiger partial charge in [0.25, 0.3) is 0 Å². The predicted molar refractivity (Wildman–Crippen MR) is 60.2 cm³/mol. The fourth-order valence-corrected chi connectivity index (χ4v) is 2.15. The Labute approximate surface area is 91.8 Å². The summed E-state index contributed by atoms with van der Waals surface area (Å²) in [6, 6.07) is 3.95. The summed E-state index contributed by atoms with van der Waals surface area (Å²) < 4.78 is 0. The average Bonchev–Trinajstić information content (AvgIpc) is 2.64. The smallest absolute Gasteiger partial charge is 0.161 e. The van der Waals surface area contributed by atoms with Crippen molar-refractivity contribution in [3.05, 3.63) is 34.6 Å². The van der Waals surface area contributed by atoms with Crippen molar-refractivity contribution in [2.75, 3.05) is 0 Å². The topological polar surface area (TPSA) is 42.9 Å². The average molecular weight is 218 g/mol. The Kier molecular flexibility index (Phi) is 2.60. The Bertz CT molecular complexity index is 485. The summed E-state index contributed by atoms with van der Waals surface area (Å²) in [7, 11) is 0. The van der Waals surface area contributed by atoms with Crippen molar-refractivity contribution >= 4 is 17.6 Å². The Hall–Kier alpha value is -1.55. The minimum atomic E-state index is 0.650. The molecule has 3 nitrogen and oxygen atoms in total. The summed E-state index contributed by atoms with van der Waals surface area (Å²) in [5, 5.41) is 0.866. The molecular weight excluding hydrogens is 208 g/mol. The van der Waals surface area contributed by atoms with Crippen molar-refractivity contribution in [2.45, 2.75) is 13.8 Å². The van der Waals surface area contributed by atoms with E-state index < -0.39 is 0 Å². The van der Waals surface area contributed by atoms with E-state index in [9.17, 15) is 4.79 Å². The molecule has 0 aliphatic carbocycles. The van der Waals surface area contributed by atoms with Gasteiger partial charge in [0.05, 0.1) is 4.88 Å². The van der Waals surface area contributed by atoms with Gasteiger partial charge in [0.15, 0.2) is 6.29 Å². The summed E-state index contributed by atoms with van der Waals surface area (Å²) in [6.07, 6.45) is 2.42. The van der Waals surface area contributed by atoms with Gasteiger partial charge in [0.2, 0.25) is 0 Å². The first-order valence-corrected chi connectivity index (χ1v) is 5.37. The fourth-order valence-electron chi connectivity index (χ4n) is 1.43. The minimum Gasteiger partial charge on any atom is -0.297 e. The van der Waals surface area contributed by atoms with E-state index in [0.29, 0.717) is 4.88 Å². The normalized spacial score (nSPS) is 10.3. The molecule has 2 aromatic heterocycles. The molecule has 2 heterocycles. The first kappa shape index (κ1) is 9.98. The number of hydrogen-bond donors (Lipinski definition) is 0. The van der Waals surface area contributed by atoms with Crippen LogP contribution in [0.15, 0.2) is 18.3 Å². The lowest BCUT2D eigenvalue weighted by Crippen LogP contribution is -1.87. The van der Waals surface area contributed by atoms with Gasteiger partial charge < -0.3 is 0 Å². The molecule has 15 heavy (non-hydrogen) atoms. The van der Waals surface area contributed by atoms with Gasteiger partial charge in [0.1, 0.15) is 5.01 Å². The SMILES string of the molecule is Cc1cc(-c2ncc(C=O)s2)cc(C)n1. The molecule has 0 atom stereocenters. The molecule has 0 aliphatic heterocycles. The van der Waals surface area contributed by atoms with Crippen molar-refractivity contribution in [2.24, 2.45) is 0 Å². The van der Waals surface area contributed by atoms with Crippen molar-refractivity contribution < 1.29 is 4.79 Å². The number of aryl methyl sites for hydroxylation is 2. The summed E-state index contributed by atoms with van der Waals surface area (Å²) in [6.45, 7) is 3.90. The maximum absolute atomic E-state index is 10.5. The van der Waals surface area contributed by atoms with Crippen LogP contribution in [0.2, 0.25) is 0 Å². The lowest BCUT2D eigenvalue weighted by atomic mass is 10.2. The molecule has 0 fully saturated rings. The van der Waals surface area contributed by atoms with Gasteiger partial charge in [-0.2, -0.15) is 0 Å². The highest BCUT2D eigenvalue weighted by atomic mass is 32.1. The zero-order valence-electron chi connectivity index (χ0n) is 8.52. The van der Waals surface area contributed by atoms with E-state index >= 15 is 0 Å². The summed E-state index contributed by atoms with van der Waals surface area (Å²) in [5.74, 6) is 0. The lowest BCUT2D eigenvalue weighted by Gasteiger charge is -2.00. The highest BCUT2D eigenvalue weighted by Crippen LogP contribution is 2.25. The Morgan fingerprint density at radius 3 is 2.47 bits per heavy atom. The molecule has 76 valence electrons. The fraction of sp³-hybridized carbons (Fsp3) is 0.182. The van der Waals surface area contributed by atoms with E-state index in [1.54, 1.807) is 6.20 Å². The molecule has 4 heteroatoms. The number of thiazole rings is 1. The minimum absolute atomic E-state index is 0.650. The second-order valence-corrected chi connectivity index (χ2v) is 4.39. The molecule has 0 unspecified atom stereocenters. The third-order valence-corrected chi connectivity index (χ3v) is 2.94. The lowest BCUT2D eigenvalue weighted by molar-refractivity contribution is 0.112. The monoisotopic (exact) mass is 218 g/mol. The number of hydrogen-bond acceptors (Lipinski definition) is 4. The van der Waals surface area contributed by atoms with Crippen LogP contribution in [0.25, 0.3) is 10.6 Å². The maximum atomic E-state index is 10.5. The van der Waals surface area contributed by atoms with Crippen LogP contribution in [0.1, 0.15) is 21.1 Å². The van der Waals surface area contributed by atoms with Crippen molar-refractivity contribution in [1.82, 2.24) is 9.97 Å². The highest BCUT2D eigenvalue weighted by Gasteiger charge is 2.05. The van der Waals surface area contributed by atoms with E-state index in [-0.39, 0.29) is 0 Å². The summed E-state index contributed by atoms with van der Waals surface area (Å²) in [4.78, 5) is 19.7. The van der Waals surface area contributed by atoms with Crippen LogP contribution in [0.3, 0.4) is 0 Å². The predicted octanol–water partition coefficient (Wildman–Crippen LogP) is 2.63. The van der Waals surface area contributed by atoms with E-state index in [1.165, 1.54) is 11.3 Å². The molecule has 2 aromatic rings. The Morgan fingerprint density at radius 2 is 1.93 bits per heavy atom. The second kappa shape index (κ2) is 3.90. The molecule has 2 rings (SSSR count). The largest absolute Gasteiger partial charge is 0.297 e. The third kappa shape index (κ3) is 2.10. The molecule has 0 aliphatic rings. The van der Waals surface area contributed by atoms with Crippen LogP contribution in [-0.2, 0) is 0 Å². The number of pyridine rings is 1. The molecule has 0 saturated heterocycles. The standard InChI is InChI=1S/C11H10N2OS/c1-7-3-9(4-8(2)13-7)11-12-5-10(6-14)15-11/h3-6H,1-2H3. The molecule has 0 bridgehead atoms. The van der Waals surface area contributed by atoms with Gasteiger partial charge in [-0.3, -0.25) is 9.78 Å². The zero-order valence-corrected chi connectivity index (χ0v) is 9.34. The summed E-state index contributed by atoms with van der Waals surface area (Å²) in [5.41, 5.74) is 2.96.